The normalized spacial score (nSPS) is 20.3. The van der Waals surface area contributed by atoms with Gasteiger partial charge in [-0.15, -0.1) is 0 Å². The van der Waals surface area contributed by atoms with Crippen LogP contribution in [0.1, 0.15) is 42.1 Å². The Morgan fingerprint density at radius 3 is 2.51 bits per heavy atom. The maximum absolute atomic E-state index is 14.1. The molecule has 2 N–H and O–H groups in total. The van der Waals surface area contributed by atoms with Crippen molar-refractivity contribution in [3.8, 4) is 5.75 Å². The van der Waals surface area contributed by atoms with Crippen molar-refractivity contribution >= 4 is 50.9 Å². The summed E-state index contributed by atoms with van der Waals surface area (Å²) in [5.74, 6) is 1.32. The van der Waals surface area contributed by atoms with Crippen molar-refractivity contribution in [2.24, 2.45) is 10.9 Å². The molecule has 1 heterocycles. The Morgan fingerprint density at radius 2 is 1.85 bits per heavy atom. The first kappa shape index (κ1) is 28.0. The van der Waals surface area contributed by atoms with E-state index in [1.54, 1.807) is 18.2 Å². The Morgan fingerprint density at radius 1 is 1.10 bits per heavy atom. The van der Waals surface area contributed by atoms with E-state index < -0.39 is 11.6 Å². The molecule has 5 rings (SSSR count). The predicted octanol–water partition coefficient (Wildman–Crippen LogP) is 6.54. The molecule has 3 aromatic rings. The van der Waals surface area contributed by atoms with Crippen LogP contribution in [0, 0.1) is 5.92 Å². The number of carbonyl (C=O) groups excluding carboxylic acids is 1. The minimum absolute atomic E-state index is 0.0701. The first-order valence-electron chi connectivity index (χ1n) is 13.0. The number of aliphatic imine (C=N–C) groups is 1. The van der Waals surface area contributed by atoms with Crippen molar-refractivity contribution in [1.82, 2.24) is 5.32 Å². The Balaban J connectivity index is 1.56. The van der Waals surface area contributed by atoms with Gasteiger partial charge in [0.15, 0.2) is 11.6 Å². The molecule has 9 heteroatoms. The molecule has 1 aliphatic heterocycles. The molecule has 1 amide bonds. The van der Waals surface area contributed by atoms with E-state index in [1.165, 1.54) is 0 Å². The Hall–Kier alpha value is -2.58. The molecule has 1 fully saturated rings. The number of carbonyl (C=O) groups is 1. The molecule has 0 bridgehead atoms. The number of nitrogens with zero attached hydrogens (tertiary/aromatic N) is 1. The van der Waals surface area contributed by atoms with E-state index in [9.17, 15) is 4.79 Å². The van der Waals surface area contributed by atoms with E-state index in [4.69, 9.17) is 42.8 Å². The summed E-state index contributed by atoms with van der Waals surface area (Å²) in [6.07, 6.45) is 2.32. The van der Waals surface area contributed by atoms with Crippen LogP contribution < -0.4 is 10.1 Å². The summed E-state index contributed by atoms with van der Waals surface area (Å²) >= 11 is 16.4. The maximum atomic E-state index is 14.1. The highest BCUT2D eigenvalue weighted by Gasteiger charge is 2.54. The van der Waals surface area contributed by atoms with Gasteiger partial charge in [0, 0.05) is 51.6 Å². The zero-order valence-electron chi connectivity index (χ0n) is 21.2. The van der Waals surface area contributed by atoms with Gasteiger partial charge in [0.25, 0.3) is 5.91 Å². The lowest BCUT2D eigenvalue weighted by molar-refractivity contribution is -0.129. The summed E-state index contributed by atoms with van der Waals surface area (Å²) in [6.45, 7) is 1.09. The van der Waals surface area contributed by atoms with Gasteiger partial charge in [-0.1, -0.05) is 57.3 Å². The molecular weight excluding hydrogens is 603 g/mol. The van der Waals surface area contributed by atoms with Crippen molar-refractivity contribution in [1.29, 1.82) is 0 Å². The van der Waals surface area contributed by atoms with Gasteiger partial charge in [-0.05, 0) is 72.9 Å². The van der Waals surface area contributed by atoms with Crippen LogP contribution in [0.25, 0.3) is 0 Å². The van der Waals surface area contributed by atoms with Crippen molar-refractivity contribution in [2.75, 3.05) is 19.8 Å². The standard InChI is InChI=1S/C30H29BrCl2N2O4/c31-22-8-4-19(5-9-22)17-30(29(37)34-18-20-2-3-20)27(25-13-10-23(32)16-26(25)33)39-28(35-30)21-6-11-24(12-7-21)38-15-1-14-36/h4-13,16,20,27,36H,1-3,14-15,17-18H2,(H,34,37)/t27-,30-/m1/s1. The van der Waals surface area contributed by atoms with Gasteiger partial charge in [-0.25, -0.2) is 4.99 Å². The summed E-state index contributed by atoms with van der Waals surface area (Å²) in [4.78, 5) is 19.1. The minimum atomic E-state index is -1.30. The quantitative estimate of drug-likeness (QED) is 0.236. The highest BCUT2D eigenvalue weighted by atomic mass is 79.9. The van der Waals surface area contributed by atoms with E-state index >= 15 is 0 Å². The van der Waals surface area contributed by atoms with Gasteiger partial charge in [0.05, 0.1) is 6.61 Å². The third-order valence-corrected chi connectivity index (χ3v) is 8.00. The number of aliphatic hydroxyl groups excluding tert-OH is 1. The molecule has 2 aliphatic rings. The van der Waals surface area contributed by atoms with Crippen LogP contribution in [0.5, 0.6) is 5.75 Å². The zero-order chi connectivity index (χ0) is 27.4. The van der Waals surface area contributed by atoms with E-state index in [2.05, 4.69) is 21.2 Å². The number of nitrogens with one attached hydrogen (secondary N) is 1. The second-order valence-electron chi connectivity index (χ2n) is 9.91. The fourth-order valence-electron chi connectivity index (χ4n) is 4.60. The Labute approximate surface area is 246 Å². The number of aliphatic hydroxyl groups is 1. The summed E-state index contributed by atoms with van der Waals surface area (Å²) in [5, 5.41) is 13.1. The molecule has 1 saturated carbocycles. The molecule has 0 unspecified atom stereocenters. The van der Waals surface area contributed by atoms with Gasteiger partial charge in [-0.2, -0.15) is 0 Å². The number of benzene rings is 3. The summed E-state index contributed by atoms with van der Waals surface area (Å²) < 4.78 is 13.1. The average Bonchev–Trinajstić information content (AvgIpc) is 3.69. The summed E-state index contributed by atoms with van der Waals surface area (Å²) in [6, 6.07) is 20.4. The first-order valence-corrected chi connectivity index (χ1v) is 14.5. The molecule has 39 heavy (non-hydrogen) atoms. The fourth-order valence-corrected chi connectivity index (χ4v) is 5.37. The lowest BCUT2D eigenvalue weighted by atomic mass is 9.82. The largest absolute Gasteiger partial charge is 0.494 e. The van der Waals surface area contributed by atoms with Gasteiger partial charge in [0.1, 0.15) is 5.75 Å². The molecule has 3 aromatic carbocycles. The van der Waals surface area contributed by atoms with Crippen molar-refractivity contribution in [3.63, 3.8) is 0 Å². The molecule has 0 spiro atoms. The molecule has 204 valence electrons. The predicted molar refractivity (Wildman–Crippen MR) is 157 cm³/mol. The first-order chi connectivity index (χ1) is 18.9. The molecule has 6 nitrogen and oxygen atoms in total. The topological polar surface area (TPSA) is 80.2 Å². The van der Waals surface area contributed by atoms with E-state index in [-0.39, 0.29) is 12.5 Å². The molecule has 2 atom stereocenters. The number of hydrogen-bond donors (Lipinski definition) is 2. The summed E-state index contributed by atoms with van der Waals surface area (Å²) in [7, 11) is 0. The third-order valence-electron chi connectivity index (χ3n) is 6.91. The number of ether oxygens (including phenoxy) is 2. The zero-order valence-corrected chi connectivity index (χ0v) is 24.3. The second kappa shape index (κ2) is 12.3. The number of rotatable bonds is 11. The van der Waals surface area contributed by atoms with E-state index in [0.29, 0.717) is 64.7 Å². The average molecular weight is 632 g/mol. The number of halogens is 3. The molecule has 1 aliphatic carbocycles. The lowest BCUT2D eigenvalue weighted by Gasteiger charge is -2.31. The van der Waals surface area contributed by atoms with Gasteiger partial charge >= 0.3 is 0 Å². The van der Waals surface area contributed by atoms with Crippen LogP contribution in [-0.4, -0.2) is 42.2 Å². The van der Waals surface area contributed by atoms with Crippen molar-refractivity contribution in [2.45, 2.75) is 37.3 Å². The second-order valence-corrected chi connectivity index (χ2v) is 11.7. The minimum Gasteiger partial charge on any atom is -0.494 e. The van der Waals surface area contributed by atoms with Crippen LogP contribution >= 0.6 is 39.1 Å². The number of hydrogen-bond acceptors (Lipinski definition) is 5. The van der Waals surface area contributed by atoms with Crippen LogP contribution in [-0.2, 0) is 16.0 Å². The monoisotopic (exact) mass is 630 g/mol. The van der Waals surface area contributed by atoms with Crippen molar-refractivity contribution < 1.29 is 19.4 Å². The highest BCUT2D eigenvalue weighted by Crippen LogP contribution is 2.45. The SMILES string of the molecule is O=C(NCC1CC1)[C@]1(Cc2ccc(Br)cc2)N=C(c2ccc(OCCCO)cc2)O[C@@H]1c1ccc(Cl)cc1Cl. The molecule has 0 aromatic heterocycles. The van der Waals surface area contributed by atoms with Crippen LogP contribution in [0.15, 0.2) is 76.2 Å². The van der Waals surface area contributed by atoms with Gasteiger partial charge in [-0.3, -0.25) is 4.79 Å². The van der Waals surface area contributed by atoms with Crippen LogP contribution in [0.4, 0.5) is 0 Å². The molecular formula is C30H29BrCl2N2O4. The highest BCUT2D eigenvalue weighted by molar-refractivity contribution is 9.10. The third kappa shape index (κ3) is 6.60. The van der Waals surface area contributed by atoms with Gasteiger partial charge < -0.3 is 19.9 Å². The Bertz CT molecular complexity index is 1350. The molecule has 0 saturated heterocycles. The van der Waals surface area contributed by atoms with E-state index in [0.717, 1.165) is 22.9 Å². The lowest BCUT2D eigenvalue weighted by Crippen LogP contribution is -2.50. The maximum Gasteiger partial charge on any atom is 0.252 e. The fraction of sp³-hybridized carbons (Fsp3) is 0.333. The summed E-state index contributed by atoms with van der Waals surface area (Å²) in [5.41, 5.74) is 0.997. The molecule has 0 radical (unpaired) electrons. The smallest absolute Gasteiger partial charge is 0.252 e. The van der Waals surface area contributed by atoms with Crippen LogP contribution in [0.2, 0.25) is 10.0 Å². The van der Waals surface area contributed by atoms with E-state index in [1.807, 2.05) is 48.5 Å². The van der Waals surface area contributed by atoms with Crippen LogP contribution in [0.3, 0.4) is 0 Å². The Kier molecular flexibility index (Phi) is 8.82. The van der Waals surface area contributed by atoms with Crippen molar-refractivity contribution in [3.05, 3.63) is 97.9 Å². The van der Waals surface area contributed by atoms with Gasteiger partial charge in [0.2, 0.25) is 5.90 Å². The number of amides is 1.